The lowest BCUT2D eigenvalue weighted by Crippen LogP contribution is -1.93. The fourth-order valence-corrected chi connectivity index (χ4v) is 2.95. The lowest BCUT2D eigenvalue weighted by atomic mass is 10.1. The minimum absolute atomic E-state index is 0.0141. The van der Waals surface area contributed by atoms with Gasteiger partial charge in [-0.2, -0.15) is 0 Å². The first-order chi connectivity index (χ1) is 7.65. The summed E-state index contributed by atoms with van der Waals surface area (Å²) in [5.74, 6) is 0. The Labute approximate surface area is 110 Å². The molecule has 1 aromatic heterocycles. The third-order valence-corrected chi connectivity index (χ3v) is 4.30. The molecule has 0 nitrogen and oxygen atoms in total. The minimum atomic E-state index is 0.0141. The molecule has 84 valence electrons. The number of thiophene rings is 1. The molecule has 0 N–H and O–H groups in total. The summed E-state index contributed by atoms with van der Waals surface area (Å²) in [7, 11) is 0. The standard InChI is InChI=1S/C13H12Cl2S/c1-9-2-4-10(5-3-9)8-11(14)12-6-7-13(15)16-12/h2-7,11H,8H2,1H3. The van der Waals surface area contributed by atoms with E-state index in [9.17, 15) is 0 Å². The third-order valence-electron chi connectivity index (χ3n) is 2.44. The van der Waals surface area contributed by atoms with Gasteiger partial charge in [0.25, 0.3) is 0 Å². The second kappa shape index (κ2) is 5.22. The molecule has 0 spiro atoms. The van der Waals surface area contributed by atoms with Crippen LogP contribution in [0.2, 0.25) is 4.34 Å². The van der Waals surface area contributed by atoms with Crippen LogP contribution in [0.25, 0.3) is 0 Å². The first kappa shape index (κ1) is 12.0. The van der Waals surface area contributed by atoms with Crippen molar-refractivity contribution in [1.29, 1.82) is 0 Å². The van der Waals surface area contributed by atoms with Crippen LogP contribution in [0.3, 0.4) is 0 Å². The molecular weight excluding hydrogens is 259 g/mol. The maximum atomic E-state index is 6.35. The molecule has 0 radical (unpaired) electrons. The van der Waals surface area contributed by atoms with Crippen LogP contribution in [-0.4, -0.2) is 0 Å². The van der Waals surface area contributed by atoms with Gasteiger partial charge in [0, 0.05) is 4.88 Å². The molecule has 1 unspecified atom stereocenters. The molecule has 0 fully saturated rings. The molecule has 0 amide bonds. The molecule has 0 saturated carbocycles. The molecule has 2 rings (SSSR count). The van der Waals surface area contributed by atoms with E-state index in [1.54, 1.807) is 11.3 Å². The molecule has 0 bridgehead atoms. The van der Waals surface area contributed by atoms with Crippen molar-refractivity contribution in [3.05, 3.63) is 56.7 Å². The summed E-state index contributed by atoms with van der Waals surface area (Å²) >= 11 is 13.8. The van der Waals surface area contributed by atoms with Crippen LogP contribution in [-0.2, 0) is 6.42 Å². The Morgan fingerprint density at radius 1 is 1.12 bits per heavy atom. The van der Waals surface area contributed by atoms with Gasteiger partial charge in [-0.25, -0.2) is 0 Å². The van der Waals surface area contributed by atoms with Gasteiger partial charge >= 0.3 is 0 Å². The second-order valence-corrected chi connectivity index (χ2v) is 6.07. The maximum Gasteiger partial charge on any atom is 0.0931 e. The fourth-order valence-electron chi connectivity index (χ4n) is 1.53. The highest BCUT2D eigenvalue weighted by Crippen LogP contribution is 2.32. The van der Waals surface area contributed by atoms with E-state index in [4.69, 9.17) is 23.2 Å². The van der Waals surface area contributed by atoms with E-state index in [0.29, 0.717) is 0 Å². The molecule has 2 aromatic rings. The van der Waals surface area contributed by atoms with Crippen molar-refractivity contribution >= 4 is 34.5 Å². The summed E-state index contributed by atoms with van der Waals surface area (Å²) in [6.07, 6.45) is 0.846. The molecule has 0 aliphatic heterocycles. The van der Waals surface area contributed by atoms with E-state index in [0.717, 1.165) is 15.6 Å². The Bertz CT molecular complexity index is 459. The van der Waals surface area contributed by atoms with Crippen LogP contribution in [0.5, 0.6) is 0 Å². The van der Waals surface area contributed by atoms with Crippen LogP contribution >= 0.6 is 34.5 Å². The number of aryl methyl sites for hydroxylation is 1. The SMILES string of the molecule is Cc1ccc(CC(Cl)c2ccc(Cl)s2)cc1. The van der Waals surface area contributed by atoms with Crippen LogP contribution < -0.4 is 0 Å². The average Bonchev–Trinajstić information content (AvgIpc) is 2.68. The minimum Gasteiger partial charge on any atom is -0.127 e. The van der Waals surface area contributed by atoms with Gasteiger partial charge in [0.2, 0.25) is 0 Å². The van der Waals surface area contributed by atoms with Crippen molar-refractivity contribution < 1.29 is 0 Å². The Hall–Kier alpha value is -0.500. The van der Waals surface area contributed by atoms with Crippen molar-refractivity contribution in [3.63, 3.8) is 0 Å². The first-order valence-corrected chi connectivity index (χ1v) is 6.73. The Balaban J connectivity index is 2.07. The number of benzene rings is 1. The van der Waals surface area contributed by atoms with Gasteiger partial charge < -0.3 is 0 Å². The summed E-state index contributed by atoms with van der Waals surface area (Å²) in [5, 5.41) is 0.0141. The molecule has 1 aromatic carbocycles. The predicted molar refractivity (Wildman–Crippen MR) is 72.8 cm³/mol. The van der Waals surface area contributed by atoms with Crippen molar-refractivity contribution in [2.24, 2.45) is 0 Å². The topological polar surface area (TPSA) is 0 Å². The molecule has 1 heterocycles. The maximum absolute atomic E-state index is 6.35. The van der Waals surface area contributed by atoms with Crippen molar-refractivity contribution in [3.8, 4) is 0 Å². The van der Waals surface area contributed by atoms with Crippen LogP contribution in [0.15, 0.2) is 36.4 Å². The van der Waals surface area contributed by atoms with Crippen LogP contribution in [0.4, 0.5) is 0 Å². The van der Waals surface area contributed by atoms with Gasteiger partial charge in [-0.1, -0.05) is 41.4 Å². The number of alkyl halides is 1. The third kappa shape index (κ3) is 3.00. The summed E-state index contributed by atoms with van der Waals surface area (Å²) in [5.41, 5.74) is 2.53. The number of hydrogen-bond acceptors (Lipinski definition) is 1. The average molecular weight is 271 g/mol. The van der Waals surface area contributed by atoms with E-state index < -0.39 is 0 Å². The number of rotatable bonds is 3. The molecule has 16 heavy (non-hydrogen) atoms. The van der Waals surface area contributed by atoms with Gasteiger partial charge in [0.1, 0.15) is 0 Å². The zero-order valence-corrected chi connectivity index (χ0v) is 11.2. The van der Waals surface area contributed by atoms with Crippen molar-refractivity contribution in [1.82, 2.24) is 0 Å². The Morgan fingerprint density at radius 2 is 1.81 bits per heavy atom. The van der Waals surface area contributed by atoms with Gasteiger partial charge in [-0.15, -0.1) is 22.9 Å². The molecular formula is C13H12Cl2S. The largest absolute Gasteiger partial charge is 0.127 e. The van der Waals surface area contributed by atoms with E-state index in [-0.39, 0.29) is 5.38 Å². The molecule has 0 aliphatic carbocycles. The smallest absolute Gasteiger partial charge is 0.0931 e. The molecule has 1 atom stereocenters. The van der Waals surface area contributed by atoms with Crippen LogP contribution in [0.1, 0.15) is 21.4 Å². The summed E-state index contributed by atoms with van der Waals surface area (Å²) in [6, 6.07) is 12.4. The molecule has 3 heteroatoms. The Morgan fingerprint density at radius 3 is 2.38 bits per heavy atom. The Kier molecular flexibility index (Phi) is 3.91. The van der Waals surface area contributed by atoms with E-state index >= 15 is 0 Å². The van der Waals surface area contributed by atoms with Crippen LogP contribution in [0, 0.1) is 6.92 Å². The lowest BCUT2D eigenvalue weighted by Gasteiger charge is -2.07. The number of halogens is 2. The van der Waals surface area contributed by atoms with Gasteiger partial charge in [0.05, 0.1) is 9.71 Å². The highest BCUT2D eigenvalue weighted by molar-refractivity contribution is 7.16. The zero-order chi connectivity index (χ0) is 11.5. The van der Waals surface area contributed by atoms with E-state index in [1.807, 2.05) is 12.1 Å². The highest BCUT2D eigenvalue weighted by atomic mass is 35.5. The van der Waals surface area contributed by atoms with Gasteiger partial charge in [-0.05, 0) is 31.0 Å². The second-order valence-electron chi connectivity index (χ2n) is 3.80. The highest BCUT2D eigenvalue weighted by Gasteiger charge is 2.11. The van der Waals surface area contributed by atoms with E-state index in [2.05, 4.69) is 31.2 Å². The van der Waals surface area contributed by atoms with Crippen molar-refractivity contribution in [2.75, 3.05) is 0 Å². The predicted octanol–water partition coefficient (Wildman–Crippen LogP) is 5.23. The molecule has 0 saturated heterocycles. The quantitative estimate of drug-likeness (QED) is 0.670. The summed E-state index contributed by atoms with van der Waals surface area (Å²) in [6.45, 7) is 2.08. The van der Waals surface area contributed by atoms with Gasteiger partial charge in [-0.3, -0.25) is 0 Å². The first-order valence-electron chi connectivity index (χ1n) is 5.10. The van der Waals surface area contributed by atoms with E-state index in [1.165, 1.54) is 11.1 Å². The zero-order valence-electron chi connectivity index (χ0n) is 8.91. The fraction of sp³-hybridized carbons (Fsp3) is 0.231. The summed E-state index contributed by atoms with van der Waals surface area (Å²) < 4.78 is 0.796. The molecule has 0 aliphatic rings. The normalized spacial score (nSPS) is 12.7. The summed E-state index contributed by atoms with van der Waals surface area (Å²) in [4.78, 5) is 1.13. The number of hydrogen-bond donors (Lipinski definition) is 0. The van der Waals surface area contributed by atoms with Gasteiger partial charge in [0.15, 0.2) is 0 Å². The van der Waals surface area contributed by atoms with Crippen molar-refractivity contribution in [2.45, 2.75) is 18.7 Å². The monoisotopic (exact) mass is 270 g/mol. The lowest BCUT2D eigenvalue weighted by molar-refractivity contribution is 0.939.